The standard InChI is InChI=1S/C21H18ClF3N4O2S/c1-12-10-17(29-19(30)14-4-2-3-5-15(14)22)32-18(12)20(31)27-9-8-26-16-7-6-13(11-28-16)21(23,24)25/h2-7,10-11H,8-9H2,1H3,(H,26,28)(H,27,31)(H,29,30). The van der Waals surface area contributed by atoms with Crippen molar-refractivity contribution in [2.45, 2.75) is 13.1 Å². The van der Waals surface area contributed by atoms with Crippen molar-refractivity contribution in [3.05, 3.63) is 75.3 Å². The molecule has 0 spiro atoms. The number of thiophene rings is 1. The van der Waals surface area contributed by atoms with Crippen LogP contribution in [0.2, 0.25) is 5.02 Å². The van der Waals surface area contributed by atoms with Crippen molar-refractivity contribution in [2.24, 2.45) is 0 Å². The van der Waals surface area contributed by atoms with Gasteiger partial charge in [-0.25, -0.2) is 4.98 Å². The molecule has 0 aliphatic heterocycles. The van der Waals surface area contributed by atoms with Crippen LogP contribution < -0.4 is 16.0 Å². The maximum atomic E-state index is 12.5. The number of aromatic nitrogens is 1. The lowest BCUT2D eigenvalue weighted by Gasteiger charge is -2.09. The zero-order chi connectivity index (χ0) is 23.3. The number of anilines is 2. The molecule has 0 saturated carbocycles. The Bertz CT molecular complexity index is 1120. The highest BCUT2D eigenvalue weighted by Crippen LogP contribution is 2.29. The Balaban J connectivity index is 1.51. The highest BCUT2D eigenvalue weighted by atomic mass is 35.5. The van der Waals surface area contributed by atoms with E-state index in [9.17, 15) is 22.8 Å². The number of hydrogen-bond donors (Lipinski definition) is 3. The molecule has 0 bridgehead atoms. The Morgan fingerprint density at radius 2 is 1.84 bits per heavy atom. The van der Waals surface area contributed by atoms with E-state index in [4.69, 9.17) is 11.6 Å². The van der Waals surface area contributed by atoms with Gasteiger partial charge in [-0.3, -0.25) is 9.59 Å². The molecule has 0 aliphatic carbocycles. The zero-order valence-electron chi connectivity index (χ0n) is 16.7. The van der Waals surface area contributed by atoms with Gasteiger partial charge < -0.3 is 16.0 Å². The van der Waals surface area contributed by atoms with Gasteiger partial charge in [-0.05, 0) is 42.8 Å². The minimum Gasteiger partial charge on any atom is -0.368 e. The molecule has 168 valence electrons. The maximum absolute atomic E-state index is 12.5. The van der Waals surface area contributed by atoms with E-state index in [2.05, 4.69) is 20.9 Å². The fourth-order valence-corrected chi connectivity index (χ4v) is 3.91. The van der Waals surface area contributed by atoms with Gasteiger partial charge >= 0.3 is 6.18 Å². The van der Waals surface area contributed by atoms with Gasteiger partial charge in [-0.15, -0.1) is 11.3 Å². The van der Waals surface area contributed by atoms with E-state index >= 15 is 0 Å². The Morgan fingerprint density at radius 1 is 1.09 bits per heavy atom. The van der Waals surface area contributed by atoms with Crippen molar-refractivity contribution in [2.75, 3.05) is 23.7 Å². The van der Waals surface area contributed by atoms with Crippen LogP contribution in [0, 0.1) is 6.92 Å². The first-order valence-electron chi connectivity index (χ1n) is 9.37. The number of nitrogens with zero attached hydrogens (tertiary/aromatic N) is 1. The Kier molecular flexibility index (Phi) is 7.37. The highest BCUT2D eigenvalue weighted by Gasteiger charge is 2.30. The van der Waals surface area contributed by atoms with E-state index < -0.39 is 11.7 Å². The molecule has 0 unspecified atom stereocenters. The Labute approximate surface area is 190 Å². The van der Waals surface area contributed by atoms with Crippen molar-refractivity contribution in [3.8, 4) is 0 Å². The quantitative estimate of drug-likeness (QED) is 0.403. The fraction of sp³-hybridized carbons (Fsp3) is 0.190. The summed E-state index contributed by atoms with van der Waals surface area (Å²) in [6, 6.07) is 10.5. The lowest BCUT2D eigenvalue weighted by molar-refractivity contribution is -0.137. The zero-order valence-corrected chi connectivity index (χ0v) is 18.3. The third-order valence-corrected chi connectivity index (χ3v) is 5.77. The molecule has 32 heavy (non-hydrogen) atoms. The van der Waals surface area contributed by atoms with Crippen LogP contribution in [0.1, 0.15) is 31.2 Å². The summed E-state index contributed by atoms with van der Waals surface area (Å²) in [5.41, 5.74) is 0.190. The molecule has 1 aromatic carbocycles. The number of pyridine rings is 1. The summed E-state index contributed by atoms with van der Waals surface area (Å²) < 4.78 is 37.6. The third kappa shape index (κ3) is 5.98. The number of alkyl halides is 3. The summed E-state index contributed by atoms with van der Waals surface area (Å²) in [6.07, 6.45) is -3.70. The Hall–Kier alpha value is -3.11. The molecule has 0 radical (unpaired) electrons. The summed E-state index contributed by atoms with van der Waals surface area (Å²) in [5.74, 6) is -0.436. The van der Waals surface area contributed by atoms with Gasteiger partial charge in [0.1, 0.15) is 5.82 Å². The molecule has 6 nitrogen and oxygen atoms in total. The van der Waals surface area contributed by atoms with Crippen LogP contribution in [0.4, 0.5) is 24.0 Å². The molecule has 2 aromatic heterocycles. The van der Waals surface area contributed by atoms with Crippen molar-refractivity contribution in [3.63, 3.8) is 0 Å². The van der Waals surface area contributed by atoms with Gasteiger partial charge in [0.25, 0.3) is 11.8 Å². The number of rotatable bonds is 7. The largest absolute Gasteiger partial charge is 0.417 e. The summed E-state index contributed by atoms with van der Waals surface area (Å²) in [5, 5.41) is 9.12. The highest BCUT2D eigenvalue weighted by molar-refractivity contribution is 7.18. The number of halogens is 4. The Morgan fingerprint density at radius 3 is 2.50 bits per heavy atom. The fourth-order valence-electron chi connectivity index (χ4n) is 2.71. The number of nitrogens with one attached hydrogen (secondary N) is 3. The predicted molar refractivity (Wildman–Crippen MR) is 119 cm³/mol. The minimum atomic E-state index is -4.44. The van der Waals surface area contributed by atoms with Crippen LogP contribution in [0.15, 0.2) is 48.7 Å². The average Bonchev–Trinajstić information content (AvgIpc) is 3.11. The second kappa shape index (κ2) is 10.0. The van der Waals surface area contributed by atoms with E-state index in [0.29, 0.717) is 26.0 Å². The normalized spacial score (nSPS) is 11.2. The van der Waals surface area contributed by atoms with Crippen molar-refractivity contribution < 1.29 is 22.8 Å². The van der Waals surface area contributed by atoms with Crippen molar-refractivity contribution >= 4 is 45.6 Å². The van der Waals surface area contributed by atoms with Crippen molar-refractivity contribution in [1.82, 2.24) is 10.3 Å². The van der Waals surface area contributed by atoms with Crippen LogP contribution in [0.3, 0.4) is 0 Å². The van der Waals surface area contributed by atoms with Gasteiger partial charge in [0.15, 0.2) is 0 Å². The lowest BCUT2D eigenvalue weighted by atomic mass is 10.2. The molecule has 0 atom stereocenters. The smallest absolute Gasteiger partial charge is 0.368 e. The van der Waals surface area contributed by atoms with E-state index in [1.54, 1.807) is 37.3 Å². The molecule has 3 aromatic rings. The van der Waals surface area contributed by atoms with Gasteiger partial charge in [0.2, 0.25) is 0 Å². The van der Waals surface area contributed by atoms with Gasteiger partial charge in [-0.1, -0.05) is 23.7 Å². The first-order valence-corrected chi connectivity index (χ1v) is 10.6. The topological polar surface area (TPSA) is 83.1 Å². The van der Waals surface area contributed by atoms with Crippen LogP contribution in [0.25, 0.3) is 0 Å². The molecule has 11 heteroatoms. The predicted octanol–water partition coefficient (Wildman–Crippen LogP) is 5.22. The SMILES string of the molecule is Cc1cc(NC(=O)c2ccccc2Cl)sc1C(=O)NCCNc1ccc(C(F)(F)F)cn1. The van der Waals surface area contributed by atoms with Gasteiger partial charge in [0.05, 0.1) is 26.0 Å². The lowest BCUT2D eigenvalue weighted by Crippen LogP contribution is -2.28. The molecule has 2 heterocycles. The molecule has 3 N–H and O–H groups in total. The second-order valence-corrected chi connectivity index (χ2v) is 8.13. The summed E-state index contributed by atoms with van der Waals surface area (Å²) in [4.78, 5) is 29.0. The minimum absolute atomic E-state index is 0.222. The van der Waals surface area contributed by atoms with E-state index in [-0.39, 0.29) is 30.7 Å². The monoisotopic (exact) mass is 482 g/mol. The molecular weight excluding hydrogens is 465 g/mol. The first-order chi connectivity index (χ1) is 15.1. The summed E-state index contributed by atoms with van der Waals surface area (Å²) in [7, 11) is 0. The molecule has 0 saturated heterocycles. The number of benzene rings is 1. The third-order valence-electron chi connectivity index (χ3n) is 4.29. The molecule has 0 aliphatic rings. The van der Waals surface area contributed by atoms with Crippen LogP contribution >= 0.6 is 22.9 Å². The number of carbonyl (C=O) groups is 2. The summed E-state index contributed by atoms with van der Waals surface area (Å²) >= 11 is 7.16. The number of hydrogen-bond acceptors (Lipinski definition) is 5. The average molecular weight is 483 g/mol. The van der Waals surface area contributed by atoms with E-state index in [1.807, 2.05) is 0 Å². The summed E-state index contributed by atoms with van der Waals surface area (Å²) in [6.45, 7) is 2.24. The first kappa shape index (κ1) is 23.6. The van der Waals surface area contributed by atoms with E-state index in [0.717, 1.165) is 23.6 Å². The van der Waals surface area contributed by atoms with E-state index in [1.165, 1.54) is 6.07 Å². The molecule has 2 amide bonds. The molecule has 0 fully saturated rings. The maximum Gasteiger partial charge on any atom is 0.417 e. The molecule has 3 rings (SSSR count). The van der Waals surface area contributed by atoms with Gasteiger partial charge in [-0.2, -0.15) is 13.2 Å². The van der Waals surface area contributed by atoms with Gasteiger partial charge in [0, 0.05) is 19.3 Å². The number of aryl methyl sites for hydroxylation is 1. The second-order valence-electron chi connectivity index (χ2n) is 6.67. The van der Waals surface area contributed by atoms with Crippen LogP contribution in [0.5, 0.6) is 0 Å². The van der Waals surface area contributed by atoms with Crippen LogP contribution in [-0.4, -0.2) is 29.9 Å². The number of carbonyl (C=O) groups excluding carboxylic acids is 2. The van der Waals surface area contributed by atoms with Crippen molar-refractivity contribution in [1.29, 1.82) is 0 Å². The molecular formula is C21H18ClF3N4O2S. The van der Waals surface area contributed by atoms with Crippen LogP contribution in [-0.2, 0) is 6.18 Å². The number of amides is 2.